The maximum Gasteiger partial charge on any atom is 0.165 e. The predicted octanol–water partition coefficient (Wildman–Crippen LogP) is 6.01. The van der Waals surface area contributed by atoms with Crippen LogP contribution in [0.15, 0.2) is 83.3 Å². The number of hydrogen-bond acceptors (Lipinski definition) is 2. The smallest absolute Gasteiger partial charge is 0.165 e. The van der Waals surface area contributed by atoms with Crippen LogP contribution in [0.1, 0.15) is 28.4 Å². The van der Waals surface area contributed by atoms with E-state index in [9.17, 15) is 9.18 Å². The molecule has 0 amide bonds. The monoisotopic (exact) mass is 397 g/mol. The Bertz CT molecular complexity index is 832. The van der Waals surface area contributed by atoms with Gasteiger partial charge in [-0.3, -0.25) is 4.79 Å². The Morgan fingerprint density at radius 1 is 0.920 bits per heavy atom. The van der Waals surface area contributed by atoms with E-state index in [1.165, 1.54) is 12.1 Å². The number of anilines is 1. The minimum atomic E-state index is -0.291. The van der Waals surface area contributed by atoms with Crippen LogP contribution in [0.4, 0.5) is 10.1 Å². The molecule has 3 rings (SSSR count). The largest absolute Gasteiger partial charge is 0.378 e. The summed E-state index contributed by atoms with van der Waals surface area (Å²) in [5.41, 5.74) is 2.44. The lowest BCUT2D eigenvalue weighted by molar-refractivity contribution is 0.0976. The number of nitrogens with one attached hydrogen (secondary N) is 1. The maximum absolute atomic E-state index is 13.3. The molecule has 0 bridgehead atoms. The van der Waals surface area contributed by atoms with Crippen LogP contribution >= 0.6 is 15.9 Å². The third kappa shape index (κ3) is 4.77. The van der Waals surface area contributed by atoms with E-state index in [1.54, 1.807) is 12.1 Å². The second-order valence-corrected chi connectivity index (χ2v) is 6.66. The first-order chi connectivity index (χ1) is 12.1. The summed E-state index contributed by atoms with van der Waals surface area (Å²) in [6.07, 6.45) is 0.283. The van der Waals surface area contributed by atoms with Crippen molar-refractivity contribution in [3.63, 3.8) is 0 Å². The minimum Gasteiger partial charge on any atom is -0.378 e. The fraction of sp³-hybridized carbons (Fsp3) is 0.0952. The fourth-order valence-corrected chi connectivity index (χ4v) is 2.89. The molecule has 0 aliphatic rings. The van der Waals surface area contributed by atoms with Gasteiger partial charge in [-0.1, -0.05) is 58.4 Å². The molecular weight excluding hydrogens is 381 g/mol. The predicted molar refractivity (Wildman–Crippen MR) is 102 cm³/mol. The molecule has 1 atom stereocenters. The van der Waals surface area contributed by atoms with E-state index in [4.69, 9.17) is 0 Å². The summed E-state index contributed by atoms with van der Waals surface area (Å²) < 4.78 is 14.2. The first kappa shape index (κ1) is 17.4. The molecule has 0 saturated carbocycles. The highest BCUT2D eigenvalue weighted by molar-refractivity contribution is 9.10. The number of benzene rings is 3. The molecule has 0 heterocycles. The topological polar surface area (TPSA) is 29.1 Å². The molecule has 1 N–H and O–H groups in total. The molecule has 3 aromatic carbocycles. The van der Waals surface area contributed by atoms with Crippen LogP contribution < -0.4 is 5.32 Å². The number of Topliss-reactive ketones (excluding diaryl/α,β-unsaturated/α-hetero) is 1. The molecule has 126 valence electrons. The number of carbonyl (C=O) groups excluding carboxylic acids is 1. The number of carbonyl (C=O) groups is 1. The van der Waals surface area contributed by atoms with Crippen molar-refractivity contribution in [1.82, 2.24) is 0 Å². The molecule has 0 fully saturated rings. The number of hydrogen-bond donors (Lipinski definition) is 1. The van der Waals surface area contributed by atoms with Gasteiger partial charge in [0.25, 0.3) is 0 Å². The molecule has 0 unspecified atom stereocenters. The molecule has 0 spiro atoms. The molecule has 0 aromatic heterocycles. The van der Waals surface area contributed by atoms with Crippen molar-refractivity contribution in [3.05, 3.63) is 100 Å². The van der Waals surface area contributed by atoms with Gasteiger partial charge in [-0.25, -0.2) is 4.39 Å². The highest BCUT2D eigenvalue weighted by Gasteiger charge is 2.17. The summed E-state index contributed by atoms with van der Waals surface area (Å²) in [4.78, 5) is 12.6. The summed E-state index contributed by atoms with van der Waals surface area (Å²) in [5, 5.41) is 3.38. The van der Waals surface area contributed by atoms with Crippen molar-refractivity contribution in [3.8, 4) is 0 Å². The van der Waals surface area contributed by atoms with E-state index >= 15 is 0 Å². The van der Waals surface area contributed by atoms with Gasteiger partial charge in [0.15, 0.2) is 5.78 Å². The lowest BCUT2D eigenvalue weighted by Gasteiger charge is -2.20. The van der Waals surface area contributed by atoms with Gasteiger partial charge in [0.1, 0.15) is 5.82 Å². The second-order valence-electron chi connectivity index (χ2n) is 5.75. The number of ketones is 1. The van der Waals surface area contributed by atoms with Gasteiger partial charge < -0.3 is 5.32 Å². The van der Waals surface area contributed by atoms with Crippen molar-refractivity contribution in [1.29, 1.82) is 0 Å². The quantitative estimate of drug-likeness (QED) is 0.515. The van der Waals surface area contributed by atoms with Gasteiger partial charge in [-0.15, -0.1) is 0 Å². The standard InChI is InChI=1S/C21H17BrFNO/c22-17-8-12-19(13-9-17)24-20(15-6-10-18(23)11-7-15)14-21(25)16-4-2-1-3-5-16/h1-13,20,24H,14H2/t20-/m0/s1. The zero-order valence-electron chi connectivity index (χ0n) is 13.5. The Hall–Kier alpha value is -2.46. The van der Waals surface area contributed by atoms with Crippen LogP contribution in [0.2, 0.25) is 0 Å². The fourth-order valence-electron chi connectivity index (χ4n) is 2.62. The number of halogens is 2. The summed E-state index contributed by atoms with van der Waals surface area (Å²) in [6.45, 7) is 0. The summed E-state index contributed by atoms with van der Waals surface area (Å²) in [6, 6.07) is 23.0. The van der Waals surface area contributed by atoms with Crippen molar-refractivity contribution in [2.24, 2.45) is 0 Å². The summed E-state index contributed by atoms with van der Waals surface area (Å²) in [7, 11) is 0. The number of rotatable bonds is 6. The van der Waals surface area contributed by atoms with Crippen LogP contribution in [0.25, 0.3) is 0 Å². The van der Waals surface area contributed by atoms with Gasteiger partial charge in [0.2, 0.25) is 0 Å². The zero-order chi connectivity index (χ0) is 17.6. The van der Waals surface area contributed by atoms with E-state index in [0.717, 1.165) is 15.7 Å². The highest BCUT2D eigenvalue weighted by Crippen LogP contribution is 2.25. The summed E-state index contributed by atoms with van der Waals surface area (Å²) >= 11 is 3.41. The van der Waals surface area contributed by atoms with Crippen LogP contribution in [-0.4, -0.2) is 5.78 Å². The van der Waals surface area contributed by atoms with Crippen molar-refractivity contribution in [2.75, 3.05) is 5.32 Å². The van der Waals surface area contributed by atoms with Gasteiger partial charge in [-0.2, -0.15) is 0 Å². The van der Waals surface area contributed by atoms with Crippen molar-refractivity contribution >= 4 is 27.4 Å². The van der Waals surface area contributed by atoms with E-state index in [2.05, 4.69) is 21.2 Å². The van der Waals surface area contributed by atoms with Crippen LogP contribution in [0.5, 0.6) is 0 Å². The van der Waals surface area contributed by atoms with Gasteiger partial charge in [0, 0.05) is 22.1 Å². The minimum absolute atomic E-state index is 0.0412. The van der Waals surface area contributed by atoms with E-state index in [1.807, 2.05) is 54.6 Å². The first-order valence-electron chi connectivity index (χ1n) is 7.97. The molecule has 2 nitrogen and oxygen atoms in total. The average Bonchev–Trinajstić information content (AvgIpc) is 2.64. The van der Waals surface area contributed by atoms with Gasteiger partial charge >= 0.3 is 0 Å². The van der Waals surface area contributed by atoms with Gasteiger partial charge in [0.05, 0.1) is 6.04 Å². The van der Waals surface area contributed by atoms with Crippen LogP contribution in [0.3, 0.4) is 0 Å². The van der Waals surface area contributed by atoms with E-state index in [-0.39, 0.29) is 24.1 Å². The normalized spacial score (nSPS) is 11.8. The van der Waals surface area contributed by atoms with Crippen molar-refractivity contribution in [2.45, 2.75) is 12.5 Å². The molecular formula is C21H17BrFNO. The molecule has 25 heavy (non-hydrogen) atoms. The van der Waals surface area contributed by atoms with Crippen LogP contribution in [-0.2, 0) is 0 Å². The molecule has 4 heteroatoms. The third-order valence-corrected chi connectivity index (χ3v) is 4.47. The van der Waals surface area contributed by atoms with Crippen molar-refractivity contribution < 1.29 is 9.18 Å². The Labute approximate surface area is 154 Å². The SMILES string of the molecule is O=C(C[C@H](Nc1ccc(Br)cc1)c1ccc(F)cc1)c1ccccc1. The second kappa shape index (κ2) is 8.08. The Kier molecular flexibility index (Phi) is 5.61. The zero-order valence-corrected chi connectivity index (χ0v) is 15.0. The van der Waals surface area contributed by atoms with E-state index in [0.29, 0.717) is 5.56 Å². The first-order valence-corrected chi connectivity index (χ1v) is 8.77. The Morgan fingerprint density at radius 2 is 1.56 bits per heavy atom. The third-order valence-electron chi connectivity index (χ3n) is 3.94. The Morgan fingerprint density at radius 3 is 2.20 bits per heavy atom. The van der Waals surface area contributed by atoms with Gasteiger partial charge in [-0.05, 0) is 42.0 Å². The maximum atomic E-state index is 13.3. The van der Waals surface area contributed by atoms with Crippen LogP contribution in [0, 0.1) is 5.82 Å². The molecule has 0 saturated heterocycles. The summed E-state index contributed by atoms with van der Waals surface area (Å²) in [5.74, 6) is -0.250. The van der Waals surface area contributed by atoms with E-state index < -0.39 is 0 Å². The lowest BCUT2D eigenvalue weighted by Crippen LogP contribution is -2.16. The lowest BCUT2D eigenvalue weighted by atomic mass is 9.97. The Balaban J connectivity index is 1.84. The average molecular weight is 398 g/mol. The molecule has 0 aliphatic heterocycles. The molecule has 0 aliphatic carbocycles. The molecule has 3 aromatic rings. The highest BCUT2D eigenvalue weighted by atomic mass is 79.9. The molecule has 0 radical (unpaired) electrons.